The molecule has 0 aromatic heterocycles. The van der Waals surface area contributed by atoms with E-state index in [0.29, 0.717) is 12.8 Å². The summed E-state index contributed by atoms with van der Waals surface area (Å²) in [7, 11) is 0. The maximum Gasteiger partial charge on any atom is 0.378 e. The van der Waals surface area contributed by atoms with Crippen molar-refractivity contribution in [2.24, 2.45) is 0 Å². The maximum absolute atomic E-state index is 11.6. The highest BCUT2D eigenvalue weighted by molar-refractivity contribution is 5.92. The van der Waals surface area contributed by atoms with Crippen LogP contribution < -0.4 is 0 Å². The van der Waals surface area contributed by atoms with Gasteiger partial charge < -0.3 is 24.8 Å². The average Bonchev–Trinajstić information content (AvgIpc) is 2.74. The summed E-state index contributed by atoms with van der Waals surface area (Å²) in [4.78, 5) is 23.0. The highest BCUT2D eigenvalue weighted by atomic mass is 16.6. The number of cyclic esters (lactones) is 1. The van der Waals surface area contributed by atoms with Crippen molar-refractivity contribution in [2.75, 3.05) is 6.61 Å². The first kappa shape index (κ1) is 17.2. The fourth-order valence-electron chi connectivity index (χ4n) is 1.72. The molecule has 1 rings (SSSR count). The number of aliphatic hydroxyl groups is 3. The lowest BCUT2D eigenvalue weighted by atomic mass is 10.2. The van der Waals surface area contributed by atoms with Gasteiger partial charge in [0.05, 0.1) is 6.61 Å². The summed E-state index contributed by atoms with van der Waals surface area (Å²) in [5, 5.41) is 27.8. The van der Waals surface area contributed by atoms with Gasteiger partial charge in [0, 0.05) is 6.42 Å². The minimum atomic E-state index is -1.47. The Kier molecular flexibility index (Phi) is 6.90. The lowest BCUT2D eigenvalue weighted by Gasteiger charge is -2.13. The third-order valence-electron chi connectivity index (χ3n) is 2.83. The highest BCUT2D eigenvalue weighted by Crippen LogP contribution is 2.24. The smallest absolute Gasteiger partial charge is 0.378 e. The Bertz CT molecular complexity index is 439. The van der Waals surface area contributed by atoms with Crippen LogP contribution in [0, 0.1) is 0 Å². The molecule has 21 heavy (non-hydrogen) atoms. The van der Waals surface area contributed by atoms with Gasteiger partial charge in [-0.25, -0.2) is 4.79 Å². The predicted octanol–water partition coefficient (Wildman–Crippen LogP) is 0.714. The van der Waals surface area contributed by atoms with Crippen molar-refractivity contribution < 1.29 is 34.4 Å². The number of allylic oxidation sites excluding steroid dienone is 2. The second kappa shape index (κ2) is 8.43. The van der Waals surface area contributed by atoms with Gasteiger partial charge in [-0.3, -0.25) is 4.79 Å². The van der Waals surface area contributed by atoms with Gasteiger partial charge in [-0.15, -0.1) is 0 Å². The lowest BCUT2D eigenvalue weighted by Crippen LogP contribution is -2.31. The third-order valence-corrected chi connectivity index (χ3v) is 2.83. The molecule has 1 aliphatic rings. The number of aliphatic hydroxyl groups excluding tert-OH is 3. The molecule has 0 aromatic carbocycles. The zero-order chi connectivity index (χ0) is 15.8. The fourth-order valence-corrected chi connectivity index (χ4v) is 1.72. The number of hydrogen-bond donors (Lipinski definition) is 3. The van der Waals surface area contributed by atoms with E-state index in [1.807, 2.05) is 19.1 Å². The molecule has 7 nitrogen and oxygen atoms in total. The van der Waals surface area contributed by atoms with E-state index >= 15 is 0 Å². The number of carbonyl (C=O) groups excluding carboxylic acids is 2. The van der Waals surface area contributed by atoms with Crippen LogP contribution in [-0.2, 0) is 19.1 Å². The van der Waals surface area contributed by atoms with E-state index in [9.17, 15) is 19.8 Å². The van der Waals surface area contributed by atoms with Crippen LogP contribution in [0.3, 0.4) is 0 Å². The summed E-state index contributed by atoms with van der Waals surface area (Å²) in [6.07, 6.45) is 3.33. The number of ether oxygens (including phenoxy) is 2. The zero-order valence-corrected chi connectivity index (χ0v) is 11.8. The van der Waals surface area contributed by atoms with Gasteiger partial charge in [0.25, 0.3) is 5.76 Å². The summed E-state index contributed by atoms with van der Waals surface area (Å²) in [5.41, 5.74) is 0. The van der Waals surface area contributed by atoms with Gasteiger partial charge in [0.15, 0.2) is 11.9 Å². The van der Waals surface area contributed by atoms with E-state index in [4.69, 9.17) is 9.84 Å². The lowest BCUT2D eigenvalue weighted by molar-refractivity contribution is -0.153. The van der Waals surface area contributed by atoms with Crippen molar-refractivity contribution in [1.29, 1.82) is 0 Å². The number of esters is 2. The summed E-state index contributed by atoms with van der Waals surface area (Å²) >= 11 is 0. The third kappa shape index (κ3) is 4.87. The molecule has 0 unspecified atom stereocenters. The topological polar surface area (TPSA) is 113 Å². The first-order valence-corrected chi connectivity index (χ1v) is 6.80. The van der Waals surface area contributed by atoms with Crippen molar-refractivity contribution >= 4 is 11.9 Å². The number of hydrogen-bond acceptors (Lipinski definition) is 7. The van der Waals surface area contributed by atoms with E-state index < -0.39 is 42.3 Å². The minimum Gasteiger partial charge on any atom is -0.505 e. The Hall–Kier alpha value is -1.86. The summed E-state index contributed by atoms with van der Waals surface area (Å²) in [6.45, 7) is 1.30. The van der Waals surface area contributed by atoms with E-state index in [1.54, 1.807) is 0 Å². The van der Waals surface area contributed by atoms with E-state index in [2.05, 4.69) is 4.74 Å². The molecule has 1 aliphatic heterocycles. The molecular weight excluding hydrogens is 280 g/mol. The highest BCUT2D eigenvalue weighted by Gasteiger charge is 2.41. The Morgan fingerprint density at radius 1 is 1.48 bits per heavy atom. The quantitative estimate of drug-likeness (QED) is 0.344. The monoisotopic (exact) mass is 300 g/mol. The molecule has 0 saturated heterocycles. The first-order valence-electron chi connectivity index (χ1n) is 6.80. The molecule has 3 N–H and O–H groups in total. The molecule has 7 heteroatoms. The van der Waals surface area contributed by atoms with Gasteiger partial charge in [0.2, 0.25) is 0 Å². The minimum absolute atomic E-state index is 0.0886. The number of rotatable bonds is 8. The molecule has 0 aromatic rings. The summed E-state index contributed by atoms with van der Waals surface area (Å²) in [6, 6.07) is 0. The molecule has 0 amide bonds. The van der Waals surface area contributed by atoms with Gasteiger partial charge >= 0.3 is 11.9 Å². The van der Waals surface area contributed by atoms with E-state index in [1.165, 1.54) is 0 Å². The van der Waals surface area contributed by atoms with Crippen LogP contribution in [0.4, 0.5) is 0 Å². The second-order valence-electron chi connectivity index (χ2n) is 4.54. The second-order valence-corrected chi connectivity index (χ2v) is 4.54. The van der Waals surface area contributed by atoms with Crippen molar-refractivity contribution in [2.45, 2.75) is 44.8 Å². The summed E-state index contributed by atoms with van der Waals surface area (Å²) < 4.78 is 9.40. The fraction of sp³-hybridized carbons (Fsp3) is 0.571. The zero-order valence-electron chi connectivity index (χ0n) is 11.8. The molecule has 0 bridgehead atoms. The van der Waals surface area contributed by atoms with E-state index in [0.717, 1.165) is 6.42 Å². The number of carbonyl (C=O) groups is 2. The van der Waals surface area contributed by atoms with Crippen LogP contribution in [0.5, 0.6) is 0 Å². The first-order chi connectivity index (χ1) is 10.0. The molecule has 0 saturated carbocycles. The largest absolute Gasteiger partial charge is 0.505 e. The summed E-state index contributed by atoms with van der Waals surface area (Å²) in [5.74, 6) is -3.01. The van der Waals surface area contributed by atoms with Crippen LogP contribution in [0.2, 0.25) is 0 Å². The van der Waals surface area contributed by atoms with Gasteiger partial charge in [-0.05, 0) is 19.3 Å². The van der Waals surface area contributed by atoms with Crippen LogP contribution in [0.25, 0.3) is 0 Å². The molecular formula is C14H20O7. The SMILES string of the molecule is CC/C=C\CCCC(=O)OC1=C(O)[C@H]([C@H](O)CO)OC1=O. The maximum atomic E-state index is 11.6. The Labute approximate surface area is 122 Å². The normalized spacial score (nSPS) is 20.0. The Morgan fingerprint density at radius 3 is 2.81 bits per heavy atom. The standard InChI is InChI=1S/C14H20O7/c1-2-3-4-5-6-7-10(17)20-13-11(18)12(9(16)8-15)21-14(13)19/h3-4,9,12,15-16,18H,2,5-8H2,1H3/b4-3-/t9-,12+/m1/s1. The van der Waals surface area contributed by atoms with Gasteiger partial charge in [0.1, 0.15) is 6.10 Å². The van der Waals surface area contributed by atoms with Crippen molar-refractivity contribution in [3.8, 4) is 0 Å². The molecule has 0 spiro atoms. The molecule has 0 fully saturated rings. The van der Waals surface area contributed by atoms with Crippen LogP contribution in [0.15, 0.2) is 23.7 Å². The average molecular weight is 300 g/mol. The molecule has 1 heterocycles. The molecule has 0 radical (unpaired) electrons. The van der Waals surface area contributed by atoms with Gasteiger partial charge in [-0.1, -0.05) is 19.1 Å². The Morgan fingerprint density at radius 2 is 2.19 bits per heavy atom. The van der Waals surface area contributed by atoms with Crippen molar-refractivity contribution in [1.82, 2.24) is 0 Å². The van der Waals surface area contributed by atoms with E-state index in [-0.39, 0.29) is 6.42 Å². The Balaban J connectivity index is 2.52. The molecule has 0 aliphatic carbocycles. The van der Waals surface area contributed by atoms with Crippen molar-refractivity contribution in [3.05, 3.63) is 23.7 Å². The van der Waals surface area contributed by atoms with Gasteiger partial charge in [-0.2, -0.15) is 0 Å². The van der Waals surface area contributed by atoms with Crippen molar-refractivity contribution in [3.63, 3.8) is 0 Å². The number of unbranched alkanes of at least 4 members (excludes halogenated alkanes) is 1. The van der Waals surface area contributed by atoms with Crippen LogP contribution >= 0.6 is 0 Å². The predicted molar refractivity (Wildman–Crippen MR) is 72.0 cm³/mol. The molecule has 2 atom stereocenters. The van der Waals surface area contributed by atoms with Crippen LogP contribution in [0.1, 0.15) is 32.6 Å². The molecule has 118 valence electrons. The van der Waals surface area contributed by atoms with Crippen LogP contribution in [-0.4, -0.2) is 46.1 Å².